The standard InChI is InChI=1S/C19H29NO6/c1-10(2)11(3)18(23)25-12(4)13(5)26-19(24)15(20)8-14-6-7-16(21)17(22)9-14/h6-7,9-13,15,21-22H,8,20H2,1-5H3/t11?,12?,13-,15-/m0/s1. The van der Waals surface area contributed by atoms with E-state index in [0.717, 1.165) is 0 Å². The van der Waals surface area contributed by atoms with Crippen molar-refractivity contribution in [3.05, 3.63) is 23.8 Å². The molecule has 0 aliphatic carbocycles. The van der Waals surface area contributed by atoms with Crippen LogP contribution in [0.1, 0.15) is 40.2 Å². The minimum absolute atomic E-state index is 0.137. The Morgan fingerprint density at radius 1 is 0.962 bits per heavy atom. The van der Waals surface area contributed by atoms with Gasteiger partial charge in [-0.1, -0.05) is 26.8 Å². The Kier molecular flexibility index (Phi) is 7.89. The van der Waals surface area contributed by atoms with Crippen LogP contribution in [-0.4, -0.2) is 40.4 Å². The molecule has 0 saturated carbocycles. The second kappa shape index (κ2) is 9.43. The van der Waals surface area contributed by atoms with Crippen LogP contribution < -0.4 is 5.73 Å². The van der Waals surface area contributed by atoms with E-state index >= 15 is 0 Å². The van der Waals surface area contributed by atoms with Crippen molar-refractivity contribution in [2.75, 3.05) is 0 Å². The van der Waals surface area contributed by atoms with Crippen LogP contribution in [0.4, 0.5) is 0 Å². The Labute approximate surface area is 154 Å². The van der Waals surface area contributed by atoms with Gasteiger partial charge < -0.3 is 25.4 Å². The number of ether oxygens (including phenoxy) is 2. The molecule has 1 aromatic carbocycles. The van der Waals surface area contributed by atoms with E-state index in [2.05, 4.69) is 0 Å². The first-order valence-corrected chi connectivity index (χ1v) is 8.70. The van der Waals surface area contributed by atoms with Crippen LogP contribution in [0.3, 0.4) is 0 Å². The van der Waals surface area contributed by atoms with E-state index in [1.54, 1.807) is 26.8 Å². The molecule has 0 saturated heterocycles. The largest absolute Gasteiger partial charge is 0.504 e. The molecule has 0 heterocycles. The lowest BCUT2D eigenvalue weighted by Gasteiger charge is -2.24. The van der Waals surface area contributed by atoms with Gasteiger partial charge >= 0.3 is 11.9 Å². The van der Waals surface area contributed by atoms with Gasteiger partial charge in [-0.3, -0.25) is 9.59 Å². The van der Waals surface area contributed by atoms with Crippen LogP contribution in [0.5, 0.6) is 11.5 Å². The minimum Gasteiger partial charge on any atom is -0.504 e. The molecule has 0 amide bonds. The third kappa shape index (κ3) is 6.22. The number of carbonyl (C=O) groups excluding carboxylic acids is 2. The lowest BCUT2D eigenvalue weighted by atomic mass is 9.98. The van der Waals surface area contributed by atoms with Gasteiger partial charge in [0.05, 0.1) is 5.92 Å². The average Bonchev–Trinajstić information content (AvgIpc) is 2.56. The second-order valence-electron chi connectivity index (χ2n) is 6.95. The molecule has 0 bridgehead atoms. The summed E-state index contributed by atoms with van der Waals surface area (Å²) in [5, 5.41) is 18.8. The average molecular weight is 367 g/mol. The van der Waals surface area contributed by atoms with Crippen molar-refractivity contribution in [2.24, 2.45) is 17.6 Å². The van der Waals surface area contributed by atoms with E-state index in [4.69, 9.17) is 15.2 Å². The zero-order chi connectivity index (χ0) is 20.0. The third-order valence-electron chi connectivity index (χ3n) is 4.44. The molecule has 4 atom stereocenters. The SMILES string of the molecule is CC(C)C(C)C(=O)OC(C)[C@H](C)OC(=O)[C@@H](N)Cc1ccc(O)c(O)c1. The highest BCUT2D eigenvalue weighted by Crippen LogP contribution is 2.25. The molecule has 1 aromatic rings. The van der Waals surface area contributed by atoms with E-state index in [0.29, 0.717) is 5.56 Å². The maximum atomic E-state index is 12.1. The van der Waals surface area contributed by atoms with E-state index in [1.807, 2.05) is 13.8 Å². The first-order valence-electron chi connectivity index (χ1n) is 8.70. The summed E-state index contributed by atoms with van der Waals surface area (Å²) in [6.07, 6.45) is -1.11. The lowest BCUT2D eigenvalue weighted by molar-refractivity contribution is -0.169. The Bertz CT molecular complexity index is 630. The first kappa shape index (κ1) is 21.8. The number of benzene rings is 1. The maximum absolute atomic E-state index is 12.1. The molecular weight excluding hydrogens is 338 g/mol. The van der Waals surface area contributed by atoms with Crippen molar-refractivity contribution in [2.45, 2.75) is 59.3 Å². The Morgan fingerprint density at radius 2 is 1.50 bits per heavy atom. The summed E-state index contributed by atoms with van der Waals surface area (Å²) in [7, 11) is 0. The van der Waals surface area contributed by atoms with E-state index in [1.165, 1.54) is 12.1 Å². The first-order chi connectivity index (χ1) is 12.0. The molecule has 2 unspecified atom stereocenters. The number of carbonyl (C=O) groups is 2. The number of esters is 2. The fourth-order valence-electron chi connectivity index (χ4n) is 2.06. The van der Waals surface area contributed by atoms with Gasteiger partial charge in [0.1, 0.15) is 18.2 Å². The summed E-state index contributed by atoms with van der Waals surface area (Å²) < 4.78 is 10.6. The number of hydrogen-bond acceptors (Lipinski definition) is 7. The minimum atomic E-state index is -0.945. The van der Waals surface area contributed by atoms with Gasteiger partial charge in [0.15, 0.2) is 11.5 Å². The fraction of sp³-hybridized carbons (Fsp3) is 0.579. The van der Waals surface area contributed by atoms with Gasteiger partial charge in [0.25, 0.3) is 0 Å². The van der Waals surface area contributed by atoms with Gasteiger partial charge in [-0.2, -0.15) is 0 Å². The molecule has 0 fully saturated rings. The second-order valence-corrected chi connectivity index (χ2v) is 6.95. The smallest absolute Gasteiger partial charge is 0.323 e. The highest BCUT2D eigenvalue weighted by Gasteiger charge is 2.26. The molecule has 0 radical (unpaired) electrons. The summed E-state index contributed by atoms with van der Waals surface area (Å²) in [6, 6.07) is 3.27. The number of hydrogen-bond donors (Lipinski definition) is 3. The molecule has 0 aromatic heterocycles. The molecule has 7 heteroatoms. The zero-order valence-electron chi connectivity index (χ0n) is 15.9. The van der Waals surface area contributed by atoms with Crippen molar-refractivity contribution < 1.29 is 29.3 Å². The van der Waals surface area contributed by atoms with Crippen LogP contribution in [0.2, 0.25) is 0 Å². The lowest BCUT2D eigenvalue weighted by Crippen LogP contribution is -2.40. The Morgan fingerprint density at radius 3 is 2.00 bits per heavy atom. The van der Waals surface area contributed by atoms with Gasteiger partial charge in [0, 0.05) is 0 Å². The highest BCUT2D eigenvalue weighted by molar-refractivity contribution is 5.76. The summed E-state index contributed by atoms with van der Waals surface area (Å²) in [6.45, 7) is 8.95. The molecule has 0 aliphatic heterocycles. The number of phenols is 2. The van der Waals surface area contributed by atoms with E-state index in [9.17, 15) is 19.8 Å². The van der Waals surface area contributed by atoms with Crippen LogP contribution in [-0.2, 0) is 25.5 Å². The normalized spacial score (nSPS) is 15.8. The number of aromatic hydroxyl groups is 2. The Balaban J connectivity index is 2.56. The summed E-state index contributed by atoms with van der Waals surface area (Å²) in [4.78, 5) is 24.1. The fourth-order valence-corrected chi connectivity index (χ4v) is 2.06. The van der Waals surface area contributed by atoms with Gasteiger partial charge in [-0.05, 0) is 43.9 Å². The molecular formula is C19H29NO6. The maximum Gasteiger partial charge on any atom is 0.323 e. The number of phenolic OH excluding ortho intramolecular Hbond substituents is 2. The number of nitrogens with two attached hydrogens (primary N) is 1. The summed E-state index contributed by atoms with van der Waals surface area (Å²) >= 11 is 0. The van der Waals surface area contributed by atoms with Crippen molar-refractivity contribution in [3.63, 3.8) is 0 Å². The van der Waals surface area contributed by atoms with Crippen LogP contribution in [0.15, 0.2) is 18.2 Å². The van der Waals surface area contributed by atoms with Crippen LogP contribution in [0, 0.1) is 11.8 Å². The van der Waals surface area contributed by atoms with Crippen molar-refractivity contribution in [1.29, 1.82) is 0 Å². The van der Waals surface area contributed by atoms with Gasteiger partial charge in [-0.25, -0.2) is 0 Å². The third-order valence-corrected chi connectivity index (χ3v) is 4.44. The molecule has 4 N–H and O–H groups in total. The Hall–Kier alpha value is -2.28. The van der Waals surface area contributed by atoms with Crippen molar-refractivity contribution >= 4 is 11.9 Å². The summed E-state index contributed by atoms with van der Waals surface area (Å²) in [5.41, 5.74) is 6.43. The predicted molar refractivity (Wildman–Crippen MR) is 96.6 cm³/mol. The van der Waals surface area contributed by atoms with Crippen LogP contribution >= 0.6 is 0 Å². The molecule has 26 heavy (non-hydrogen) atoms. The molecule has 1 rings (SSSR count). The number of rotatable bonds is 8. The van der Waals surface area contributed by atoms with Crippen LogP contribution in [0.25, 0.3) is 0 Å². The van der Waals surface area contributed by atoms with E-state index < -0.39 is 24.2 Å². The van der Waals surface area contributed by atoms with Gasteiger partial charge in [0.2, 0.25) is 0 Å². The van der Waals surface area contributed by atoms with Gasteiger partial charge in [-0.15, -0.1) is 0 Å². The van der Waals surface area contributed by atoms with E-state index in [-0.39, 0.29) is 35.7 Å². The molecule has 0 aliphatic rings. The molecule has 7 nitrogen and oxygen atoms in total. The summed E-state index contributed by atoms with van der Waals surface area (Å²) in [5.74, 6) is -1.59. The monoisotopic (exact) mass is 367 g/mol. The molecule has 146 valence electrons. The highest BCUT2D eigenvalue weighted by atomic mass is 16.6. The van der Waals surface area contributed by atoms with Crippen molar-refractivity contribution in [3.8, 4) is 11.5 Å². The predicted octanol–water partition coefficient (Wildman–Crippen LogP) is 2.12. The van der Waals surface area contributed by atoms with Crippen molar-refractivity contribution in [1.82, 2.24) is 0 Å². The quantitative estimate of drug-likeness (QED) is 0.475. The zero-order valence-corrected chi connectivity index (χ0v) is 15.9. The topological polar surface area (TPSA) is 119 Å². The molecule has 0 spiro atoms.